The molecule has 7 heteroatoms. The third kappa shape index (κ3) is 12.4. The predicted molar refractivity (Wildman–Crippen MR) is 86.7 cm³/mol. The number of hydrogen-bond donors (Lipinski definition) is 3. The first kappa shape index (κ1) is 22.3. The van der Waals surface area contributed by atoms with Crippen LogP contribution in [-0.4, -0.2) is 23.1 Å². The number of rotatable bonds is 5. The fourth-order valence-electron chi connectivity index (χ4n) is 1.53. The summed E-state index contributed by atoms with van der Waals surface area (Å²) in [4.78, 5) is 19.1. The minimum atomic E-state index is -1.96. The third-order valence-corrected chi connectivity index (χ3v) is 2.90. The average molecular weight is 348 g/mol. The van der Waals surface area contributed by atoms with Crippen molar-refractivity contribution in [1.29, 1.82) is 0 Å². The Morgan fingerprint density at radius 2 is 1.20 bits per heavy atom. The molecule has 0 saturated carbocycles. The van der Waals surface area contributed by atoms with E-state index in [0.29, 0.717) is 0 Å². The SMILES string of the molecule is O=C([O-])C[C@H](O)C(=O)[O-].[NH3+]Cc1ccccc1.[NH3+]Cc1ccccc1. The van der Waals surface area contributed by atoms with E-state index in [4.69, 9.17) is 5.11 Å². The maximum Gasteiger partial charge on any atom is 0.0997 e. The lowest BCUT2D eigenvalue weighted by Gasteiger charge is -2.10. The third-order valence-electron chi connectivity index (χ3n) is 2.90. The molecule has 0 amide bonds. The summed E-state index contributed by atoms with van der Waals surface area (Å²) in [6.45, 7) is 1.78. The Balaban J connectivity index is 0.000000346. The highest BCUT2D eigenvalue weighted by molar-refractivity contribution is 5.76. The van der Waals surface area contributed by atoms with Crippen molar-refractivity contribution < 1.29 is 36.4 Å². The van der Waals surface area contributed by atoms with Crippen molar-refractivity contribution in [3.05, 3.63) is 71.8 Å². The van der Waals surface area contributed by atoms with E-state index in [1.165, 1.54) is 11.1 Å². The van der Waals surface area contributed by atoms with Crippen molar-refractivity contribution in [3.8, 4) is 0 Å². The Kier molecular flexibility index (Phi) is 12.2. The van der Waals surface area contributed by atoms with Gasteiger partial charge in [0.25, 0.3) is 0 Å². The number of quaternary nitrogens is 2. The summed E-state index contributed by atoms with van der Waals surface area (Å²) in [5.41, 5.74) is 10.1. The first-order chi connectivity index (χ1) is 11.9. The van der Waals surface area contributed by atoms with Crippen LogP contribution in [0.3, 0.4) is 0 Å². The smallest absolute Gasteiger partial charge is 0.0997 e. The van der Waals surface area contributed by atoms with Crippen LogP contribution in [0, 0.1) is 0 Å². The normalized spacial score (nSPS) is 10.4. The van der Waals surface area contributed by atoms with Crippen LogP contribution >= 0.6 is 0 Å². The molecule has 0 unspecified atom stereocenters. The zero-order chi connectivity index (χ0) is 19.1. The number of aliphatic hydroxyl groups excluding tert-OH is 1. The van der Waals surface area contributed by atoms with Crippen LogP contribution in [0.4, 0.5) is 0 Å². The molecule has 136 valence electrons. The number of aliphatic hydroxyl groups is 1. The predicted octanol–water partition coefficient (Wildman–Crippen LogP) is -2.91. The summed E-state index contributed by atoms with van der Waals surface area (Å²) in [7, 11) is 0. The molecule has 2 aromatic rings. The highest BCUT2D eigenvalue weighted by Crippen LogP contribution is 1.94. The number of carboxylic acids is 2. The highest BCUT2D eigenvalue weighted by Gasteiger charge is 2.03. The highest BCUT2D eigenvalue weighted by atomic mass is 16.4. The average Bonchev–Trinajstić information content (AvgIpc) is 2.63. The van der Waals surface area contributed by atoms with Gasteiger partial charge in [0.2, 0.25) is 0 Å². The van der Waals surface area contributed by atoms with E-state index in [1.54, 1.807) is 0 Å². The van der Waals surface area contributed by atoms with Gasteiger partial charge in [-0.25, -0.2) is 0 Å². The quantitative estimate of drug-likeness (QED) is 0.528. The van der Waals surface area contributed by atoms with Crippen LogP contribution in [0.25, 0.3) is 0 Å². The van der Waals surface area contributed by atoms with Crippen LogP contribution in [0.15, 0.2) is 60.7 Å². The molecule has 0 aliphatic heterocycles. The largest absolute Gasteiger partial charge is 0.550 e. The van der Waals surface area contributed by atoms with Gasteiger partial charge in [-0.05, 0) is 0 Å². The number of hydrogen-bond acceptors (Lipinski definition) is 5. The maximum absolute atomic E-state index is 9.58. The fraction of sp³-hybridized carbons (Fsp3) is 0.222. The molecule has 7 nitrogen and oxygen atoms in total. The lowest BCUT2D eigenvalue weighted by molar-refractivity contribution is -0.386. The zero-order valence-electron chi connectivity index (χ0n) is 14.0. The van der Waals surface area contributed by atoms with Crippen molar-refractivity contribution in [2.45, 2.75) is 25.6 Å². The maximum atomic E-state index is 9.58. The van der Waals surface area contributed by atoms with Gasteiger partial charge in [0.15, 0.2) is 0 Å². The second kappa shape index (κ2) is 13.7. The lowest BCUT2D eigenvalue weighted by Crippen LogP contribution is -2.47. The van der Waals surface area contributed by atoms with E-state index in [1.807, 2.05) is 36.4 Å². The number of carbonyl (C=O) groups is 2. The van der Waals surface area contributed by atoms with E-state index in [9.17, 15) is 19.8 Å². The van der Waals surface area contributed by atoms with Gasteiger partial charge in [0.1, 0.15) is 0 Å². The Bertz CT molecular complexity index is 566. The number of aliphatic carboxylic acids is 2. The molecule has 0 radical (unpaired) electrons. The second-order valence-corrected chi connectivity index (χ2v) is 4.88. The van der Waals surface area contributed by atoms with E-state index < -0.39 is 24.5 Å². The molecule has 2 rings (SSSR count). The molecule has 0 aliphatic carbocycles. The summed E-state index contributed by atoms with van der Waals surface area (Å²) < 4.78 is 0. The molecule has 0 aromatic heterocycles. The summed E-state index contributed by atoms with van der Waals surface area (Å²) in [6.07, 6.45) is -2.89. The van der Waals surface area contributed by atoms with Gasteiger partial charge in [-0.3, -0.25) is 0 Å². The van der Waals surface area contributed by atoms with Crippen molar-refractivity contribution >= 4 is 11.9 Å². The lowest BCUT2D eigenvalue weighted by atomic mass is 10.2. The molecule has 0 spiro atoms. The minimum Gasteiger partial charge on any atom is -0.550 e. The molecule has 25 heavy (non-hydrogen) atoms. The van der Waals surface area contributed by atoms with Crippen molar-refractivity contribution in [2.75, 3.05) is 0 Å². The molecule has 1 atom stereocenters. The van der Waals surface area contributed by atoms with Crippen molar-refractivity contribution in [2.24, 2.45) is 0 Å². The van der Waals surface area contributed by atoms with E-state index in [-0.39, 0.29) is 0 Å². The molecule has 0 saturated heterocycles. The van der Waals surface area contributed by atoms with Gasteiger partial charge in [-0.2, -0.15) is 0 Å². The molecule has 7 N–H and O–H groups in total. The van der Waals surface area contributed by atoms with Crippen molar-refractivity contribution in [1.82, 2.24) is 0 Å². The first-order valence-electron chi connectivity index (χ1n) is 7.65. The summed E-state index contributed by atoms with van der Waals surface area (Å²) in [5, 5.41) is 27.3. The molecule has 0 fully saturated rings. The summed E-state index contributed by atoms with van der Waals surface area (Å²) >= 11 is 0. The van der Waals surface area contributed by atoms with E-state index in [2.05, 4.69) is 35.7 Å². The van der Waals surface area contributed by atoms with Gasteiger partial charge in [0.05, 0.1) is 25.2 Å². The number of benzene rings is 2. The number of carbonyl (C=O) groups excluding carboxylic acids is 2. The van der Waals surface area contributed by atoms with E-state index >= 15 is 0 Å². The Labute approximate surface area is 146 Å². The van der Waals surface area contributed by atoms with Gasteiger partial charge < -0.3 is 36.4 Å². The van der Waals surface area contributed by atoms with Crippen molar-refractivity contribution in [3.63, 3.8) is 0 Å². The van der Waals surface area contributed by atoms with E-state index in [0.717, 1.165) is 13.1 Å². The zero-order valence-corrected chi connectivity index (χ0v) is 14.0. The first-order valence-corrected chi connectivity index (χ1v) is 7.65. The Morgan fingerprint density at radius 3 is 1.36 bits per heavy atom. The van der Waals surface area contributed by atoms with Crippen LogP contribution < -0.4 is 21.7 Å². The van der Waals surface area contributed by atoms with Gasteiger partial charge in [0, 0.05) is 23.5 Å². The minimum absolute atomic E-state index is 0.890. The van der Waals surface area contributed by atoms with Gasteiger partial charge in [-0.15, -0.1) is 0 Å². The second-order valence-electron chi connectivity index (χ2n) is 4.88. The fourth-order valence-corrected chi connectivity index (χ4v) is 1.53. The molecule has 2 aromatic carbocycles. The van der Waals surface area contributed by atoms with Crippen LogP contribution in [0.2, 0.25) is 0 Å². The van der Waals surface area contributed by atoms with Crippen LogP contribution in [0.1, 0.15) is 17.5 Å². The number of carboxylic acid groups (broad SMARTS) is 2. The Hall–Kier alpha value is -2.74. The molecule has 0 heterocycles. The monoisotopic (exact) mass is 348 g/mol. The molecular weight excluding hydrogens is 324 g/mol. The van der Waals surface area contributed by atoms with Gasteiger partial charge >= 0.3 is 0 Å². The summed E-state index contributed by atoms with van der Waals surface area (Å²) in [6, 6.07) is 20.4. The summed E-state index contributed by atoms with van der Waals surface area (Å²) in [5.74, 6) is -3.43. The van der Waals surface area contributed by atoms with Gasteiger partial charge in [-0.1, -0.05) is 60.7 Å². The molecule has 0 aliphatic rings. The van der Waals surface area contributed by atoms with Crippen LogP contribution in [0.5, 0.6) is 0 Å². The topological polar surface area (TPSA) is 156 Å². The standard InChI is InChI=1S/2C7H9N.C4H6O5/c2*8-6-7-4-2-1-3-5-7;5-2(4(8)9)1-3(6)7/h2*1-5H,6,8H2;2,5H,1H2,(H,6,7)(H,8,9)/t;;2-/m..0/s1. The Morgan fingerprint density at radius 1 is 0.840 bits per heavy atom. The molecule has 0 bridgehead atoms. The molecular formula is C18H24N2O5. The van der Waals surface area contributed by atoms with Crippen LogP contribution in [-0.2, 0) is 22.7 Å².